The van der Waals surface area contributed by atoms with Crippen molar-refractivity contribution in [2.24, 2.45) is 5.16 Å². The molecule has 8 nitrogen and oxygen atoms in total. The predicted octanol–water partition coefficient (Wildman–Crippen LogP) is 3.30. The van der Waals surface area contributed by atoms with Gasteiger partial charge in [0.25, 0.3) is 5.91 Å². The summed E-state index contributed by atoms with van der Waals surface area (Å²) >= 11 is 6.04. The van der Waals surface area contributed by atoms with E-state index in [1.807, 2.05) is 13.0 Å². The first-order valence-corrected chi connectivity index (χ1v) is 9.08. The molecule has 0 aliphatic carbocycles. The van der Waals surface area contributed by atoms with E-state index < -0.39 is 25.1 Å². The highest BCUT2D eigenvalue weighted by Crippen LogP contribution is 2.32. The van der Waals surface area contributed by atoms with Crippen molar-refractivity contribution in [3.63, 3.8) is 0 Å². The fraction of sp³-hybridized carbons (Fsp3) is 0.250. The number of aryl methyl sites for hydroxylation is 1. The number of hydrogen-bond acceptors (Lipinski definition) is 7. The Balaban J connectivity index is 1.42. The Labute approximate surface area is 172 Å². The van der Waals surface area contributed by atoms with Crippen molar-refractivity contribution in [2.75, 3.05) is 25.3 Å². The predicted molar refractivity (Wildman–Crippen MR) is 107 cm³/mol. The molecule has 1 aliphatic heterocycles. The molecule has 29 heavy (non-hydrogen) atoms. The molecule has 2 aromatic carbocycles. The molecule has 0 bridgehead atoms. The van der Waals surface area contributed by atoms with Crippen LogP contribution in [0.15, 0.2) is 41.6 Å². The number of benzene rings is 2. The molecule has 0 spiro atoms. The van der Waals surface area contributed by atoms with E-state index in [0.29, 0.717) is 27.9 Å². The summed E-state index contributed by atoms with van der Waals surface area (Å²) in [5.41, 5.74) is 2.71. The average molecular weight is 419 g/mol. The Hall–Kier alpha value is -3.26. The summed E-state index contributed by atoms with van der Waals surface area (Å²) in [6, 6.07) is 10.5. The maximum Gasteiger partial charge on any atom is 0.347 e. The van der Waals surface area contributed by atoms with Gasteiger partial charge in [-0.1, -0.05) is 22.8 Å². The highest BCUT2D eigenvalue weighted by Gasteiger charge is 2.14. The van der Waals surface area contributed by atoms with Crippen molar-refractivity contribution in [3.8, 4) is 11.5 Å². The third kappa shape index (κ3) is 5.61. The lowest BCUT2D eigenvalue weighted by molar-refractivity contribution is -0.151. The van der Waals surface area contributed by atoms with Crippen LogP contribution >= 0.6 is 11.6 Å². The monoisotopic (exact) mass is 418 g/mol. The highest BCUT2D eigenvalue weighted by molar-refractivity contribution is 6.33. The van der Waals surface area contributed by atoms with Gasteiger partial charge in [-0.2, -0.15) is 0 Å². The third-order valence-corrected chi connectivity index (χ3v) is 4.25. The molecule has 1 aliphatic rings. The van der Waals surface area contributed by atoms with Crippen LogP contribution in [0.1, 0.15) is 18.1 Å². The molecular weight excluding hydrogens is 400 g/mol. The third-order valence-electron chi connectivity index (χ3n) is 3.94. The Morgan fingerprint density at radius 1 is 1.14 bits per heavy atom. The molecule has 152 valence electrons. The lowest BCUT2D eigenvalue weighted by atomic mass is 10.1. The molecule has 0 saturated heterocycles. The molecule has 0 fully saturated rings. The molecule has 0 radical (unpaired) electrons. The van der Waals surface area contributed by atoms with Crippen LogP contribution in [0.2, 0.25) is 5.02 Å². The van der Waals surface area contributed by atoms with Gasteiger partial charge in [-0.25, -0.2) is 4.79 Å². The molecule has 0 saturated carbocycles. The summed E-state index contributed by atoms with van der Waals surface area (Å²) in [4.78, 5) is 28.6. The quantitative estimate of drug-likeness (QED) is 0.421. The van der Waals surface area contributed by atoms with Gasteiger partial charge in [-0.05, 0) is 49.7 Å². The van der Waals surface area contributed by atoms with Crippen LogP contribution < -0.4 is 14.8 Å². The average Bonchev–Trinajstić information content (AvgIpc) is 3.16. The number of nitrogens with zero attached hydrogens (tertiary/aromatic N) is 1. The van der Waals surface area contributed by atoms with Gasteiger partial charge in [0.2, 0.25) is 13.4 Å². The summed E-state index contributed by atoms with van der Waals surface area (Å²) in [7, 11) is 0. The molecule has 0 aromatic heterocycles. The topological polar surface area (TPSA) is 95.5 Å². The summed E-state index contributed by atoms with van der Waals surface area (Å²) < 4.78 is 15.4. The first-order valence-electron chi connectivity index (χ1n) is 8.70. The second-order valence-corrected chi connectivity index (χ2v) is 6.62. The van der Waals surface area contributed by atoms with Crippen LogP contribution in [0.5, 0.6) is 11.5 Å². The smallest absolute Gasteiger partial charge is 0.347 e. The van der Waals surface area contributed by atoms with Gasteiger partial charge in [0, 0.05) is 5.56 Å². The number of halogens is 1. The summed E-state index contributed by atoms with van der Waals surface area (Å²) in [5, 5.41) is 6.85. The Bertz CT molecular complexity index is 960. The minimum atomic E-state index is -0.725. The Morgan fingerprint density at radius 3 is 2.72 bits per heavy atom. The number of esters is 1. The van der Waals surface area contributed by atoms with Gasteiger partial charge >= 0.3 is 5.97 Å². The molecule has 0 atom stereocenters. The minimum absolute atomic E-state index is 0.182. The van der Waals surface area contributed by atoms with E-state index in [4.69, 9.17) is 30.6 Å². The second kappa shape index (κ2) is 9.29. The van der Waals surface area contributed by atoms with Gasteiger partial charge in [0.05, 0.1) is 16.4 Å². The van der Waals surface area contributed by atoms with Gasteiger partial charge in [-0.3, -0.25) is 4.79 Å². The lowest BCUT2D eigenvalue weighted by Crippen LogP contribution is -2.22. The normalized spacial score (nSPS) is 12.4. The molecule has 9 heteroatoms. The molecule has 1 N–H and O–H groups in total. The zero-order valence-corrected chi connectivity index (χ0v) is 16.6. The number of rotatable bonds is 7. The molecular formula is C20H19ClN2O6. The molecule has 0 unspecified atom stereocenters. The van der Waals surface area contributed by atoms with Crippen molar-refractivity contribution in [3.05, 3.63) is 52.5 Å². The van der Waals surface area contributed by atoms with E-state index in [-0.39, 0.29) is 6.79 Å². The van der Waals surface area contributed by atoms with Crippen LogP contribution in [-0.2, 0) is 19.2 Å². The SMILES string of the molecule is C/C(=N/OCC(=O)OCC(=O)Nc1ccc(C)cc1Cl)c1ccc2c(c1)OCO2. The Morgan fingerprint density at radius 2 is 1.93 bits per heavy atom. The molecule has 1 heterocycles. The van der Waals surface area contributed by atoms with Crippen molar-refractivity contribution in [2.45, 2.75) is 13.8 Å². The van der Waals surface area contributed by atoms with Crippen molar-refractivity contribution < 1.29 is 28.6 Å². The van der Waals surface area contributed by atoms with Crippen molar-refractivity contribution in [1.29, 1.82) is 0 Å². The number of hydrogen-bond donors (Lipinski definition) is 1. The first kappa shape index (κ1) is 20.5. The van der Waals surface area contributed by atoms with Gasteiger partial charge in [0.15, 0.2) is 18.1 Å². The maximum atomic E-state index is 11.9. The van der Waals surface area contributed by atoms with E-state index in [9.17, 15) is 9.59 Å². The second-order valence-electron chi connectivity index (χ2n) is 6.21. The molecule has 3 rings (SSSR count). The number of fused-ring (bicyclic) bond motifs is 1. The van der Waals surface area contributed by atoms with Crippen molar-refractivity contribution in [1.82, 2.24) is 0 Å². The number of ether oxygens (including phenoxy) is 3. The standard InChI is InChI=1S/C20H19ClN2O6/c1-12-3-5-16(15(21)7-12)22-19(24)9-26-20(25)10-29-23-13(2)14-4-6-17-18(8-14)28-11-27-17/h3-8H,9-11H2,1-2H3,(H,22,24)/b23-13-. The first-order chi connectivity index (χ1) is 13.9. The van der Waals surface area contributed by atoms with Gasteiger partial charge < -0.3 is 24.4 Å². The van der Waals surface area contributed by atoms with Crippen LogP contribution in [-0.4, -0.2) is 37.6 Å². The molecule has 2 aromatic rings. The fourth-order valence-corrected chi connectivity index (χ4v) is 2.73. The van der Waals surface area contributed by atoms with E-state index >= 15 is 0 Å². The van der Waals surface area contributed by atoms with Crippen molar-refractivity contribution >= 4 is 34.9 Å². The number of amides is 1. The highest BCUT2D eigenvalue weighted by atomic mass is 35.5. The van der Waals surface area contributed by atoms with Gasteiger partial charge in [0.1, 0.15) is 0 Å². The van der Waals surface area contributed by atoms with E-state index in [2.05, 4.69) is 10.5 Å². The number of carbonyl (C=O) groups excluding carboxylic acids is 2. The van der Waals surface area contributed by atoms with Gasteiger partial charge in [-0.15, -0.1) is 0 Å². The number of anilines is 1. The van der Waals surface area contributed by atoms with Crippen LogP contribution in [0, 0.1) is 6.92 Å². The van der Waals surface area contributed by atoms with E-state index in [1.165, 1.54) is 0 Å². The fourth-order valence-electron chi connectivity index (χ4n) is 2.45. The largest absolute Gasteiger partial charge is 0.454 e. The number of oxime groups is 1. The van der Waals surface area contributed by atoms with E-state index in [0.717, 1.165) is 11.1 Å². The zero-order valence-electron chi connectivity index (χ0n) is 15.9. The molecule has 1 amide bonds. The van der Waals surface area contributed by atoms with E-state index in [1.54, 1.807) is 37.3 Å². The zero-order chi connectivity index (χ0) is 20.8. The summed E-state index contributed by atoms with van der Waals surface area (Å²) in [5.74, 6) is 0.0499. The number of nitrogens with one attached hydrogen (secondary N) is 1. The Kier molecular flexibility index (Phi) is 6.56. The lowest BCUT2D eigenvalue weighted by Gasteiger charge is -2.08. The summed E-state index contributed by atoms with van der Waals surface area (Å²) in [6.45, 7) is 2.90. The summed E-state index contributed by atoms with van der Waals surface area (Å²) in [6.07, 6.45) is 0. The van der Waals surface area contributed by atoms with Crippen LogP contribution in [0.4, 0.5) is 5.69 Å². The van der Waals surface area contributed by atoms with Crippen LogP contribution in [0.25, 0.3) is 0 Å². The van der Waals surface area contributed by atoms with Crippen LogP contribution in [0.3, 0.4) is 0 Å². The minimum Gasteiger partial charge on any atom is -0.454 e. The number of carbonyl (C=O) groups is 2. The maximum absolute atomic E-state index is 11.9.